The predicted octanol–water partition coefficient (Wildman–Crippen LogP) is 4.19. The van der Waals surface area contributed by atoms with Crippen LogP contribution in [-0.2, 0) is 0 Å². The summed E-state index contributed by atoms with van der Waals surface area (Å²) in [4.78, 5) is 23.0. The van der Waals surface area contributed by atoms with Crippen molar-refractivity contribution in [2.75, 3.05) is 7.11 Å². The Morgan fingerprint density at radius 2 is 1.79 bits per heavy atom. The van der Waals surface area contributed by atoms with Gasteiger partial charge in [0.25, 0.3) is 11.6 Å². The first-order valence-electron chi connectivity index (χ1n) is 8.40. The van der Waals surface area contributed by atoms with Gasteiger partial charge >= 0.3 is 0 Å². The minimum absolute atomic E-state index is 0.00270. The number of carbonyl (C=O) groups is 1. The van der Waals surface area contributed by atoms with E-state index < -0.39 is 10.8 Å². The summed E-state index contributed by atoms with van der Waals surface area (Å²) in [5.74, 6) is 0.0276. The van der Waals surface area contributed by atoms with E-state index in [4.69, 9.17) is 4.74 Å². The average Bonchev–Trinajstić information content (AvgIpc) is 2.72. The third-order valence-corrected chi connectivity index (χ3v) is 4.05. The van der Waals surface area contributed by atoms with Gasteiger partial charge in [0.15, 0.2) is 0 Å². The quantitative estimate of drug-likeness (QED) is 0.397. The van der Waals surface area contributed by atoms with Gasteiger partial charge in [-0.3, -0.25) is 14.9 Å². The molecule has 0 radical (unpaired) electrons. The van der Waals surface area contributed by atoms with Crippen LogP contribution in [0.5, 0.6) is 5.75 Å². The molecule has 0 bridgehead atoms. The summed E-state index contributed by atoms with van der Waals surface area (Å²) in [6.07, 6.45) is 4.41. The summed E-state index contributed by atoms with van der Waals surface area (Å²) >= 11 is 0. The zero-order valence-corrected chi connectivity index (χ0v) is 15.0. The van der Waals surface area contributed by atoms with Crippen molar-refractivity contribution in [2.24, 2.45) is 5.10 Å². The fourth-order valence-corrected chi connectivity index (χ4v) is 2.71. The first-order chi connectivity index (χ1) is 13.6. The van der Waals surface area contributed by atoms with Gasteiger partial charge in [0.05, 0.1) is 23.2 Å². The standard InChI is InChI=1S/C21H17N3O4/c1-28-20-14-17-9-3-2-8-16(17)13-18(20)21(25)23-22-12-6-10-15-7-4-5-11-19(15)24(26)27/h2-14H,1H3,(H,23,25). The lowest BCUT2D eigenvalue weighted by Crippen LogP contribution is -2.18. The van der Waals surface area contributed by atoms with Gasteiger partial charge in [-0.2, -0.15) is 5.10 Å². The van der Waals surface area contributed by atoms with Crippen LogP contribution in [0.15, 0.2) is 71.8 Å². The number of ether oxygens (including phenoxy) is 1. The van der Waals surface area contributed by atoms with Crippen molar-refractivity contribution < 1.29 is 14.5 Å². The Morgan fingerprint density at radius 3 is 2.50 bits per heavy atom. The van der Waals surface area contributed by atoms with Gasteiger partial charge in [0.2, 0.25) is 0 Å². The van der Waals surface area contributed by atoms with Crippen molar-refractivity contribution >= 4 is 34.7 Å². The van der Waals surface area contributed by atoms with E-state index in [9.17, 15) is 14.9 Å². The van der Waals surface area contributed by atoms with Crippen LogP contribution in [0.4, 0.5) is 5.69 Å². The smallest absolute Gasteiger partial charge is 0.276 e. The summed E-state index contributed by atoms with van der Waals surface area (Å²) in [5.41, 5.74) is 3.23. The van der Waals surface area contributed by atoms with Crippen LogP contribution in [0.25, 0.3) is 16.8 Å². The van der Waals surface area contributed by atoms with Gasteiger partial charge in [-0.25, -0.2) is 5.43 Å². The van der Waals surface area contributed by atoms with Crippen molar-refractivity contribution in [1.29, 1.82) is 0 Å². The van der Waals surface area contributed by atoms with Crippen LogP contribution in [-0.4, -0.2) is 24.2 Å². The molecular formula is C21H17N3O4. The highest BCUT2D eigenvalue weighted by Crippen LogP contribution is 2.25. The van der Waals surface area contributed by atoms with E-state index in [1.807, 2.05) is 24.3 Å². The number of nitro groups is 1. The molecular weight excluding hydrogens is 358 g/mol. The van der Waals surface area contributed by atoms with Crippen molar-refractivity contribution in [3.05, 3.63) is 88.0 Å². The van der Waals surface area contributed by atoms with E-state index >= 15 is 0 Å². The SMILES string of the molecule is COc1cc2ccccc2cc1C(=O)NN=CC=Cc1ccccc1[N+](=O)[O-]. The second kappa shape index (κ2) is 8.59. The third kappa shape index (κ3) is 4.21. The summed E-state index contributed by atoms with van der Waals surface area (Å²) < 4.78 is 5.30. The number of fused-ring (bicyclic) bond motifs is 1. The molecule has 7 heteroatoms. The number of rotatable bonds is 6. The van der Waals surface area contributed by atoms with E-state index in [2.05, 4.69) is 10.5 Å². The lowest BCUT2D eigenvalue weighted by atomic mass is 10.1. The maximum atomic E-state index is 12.4. The summed E-state index contributed by atoms with van der Waals surface area (Å²) in [5, 5.41) is 16.7. The fourth-order valence-electron chi connectivity index (χ4n) is 2.71. The summed E-state index contributed by atoms with van der Waals surface area (Å²) in [6.45, 7) is 0. The highest BCUT2D eigenvalue weighted by molar-refractivity contribution is 6.01. The number of nitrogens with one attached hydrogen (secondary N) is 1. The minimum Gasteiger partial charge on any atom is -0.496 e. The third-order valence-electron chi connectivity index (χ3n) is 4.05. The Hall–Kier alpha value is -4.00. The Bertz CT molecular complexity index is 1090. The number of para-hydroxylation sites is 1. The zero-order valence-electron chi connectivity index (χ0n) is 15.0. The van der Waals surface area contributed by atoms with Crippen LogP contribution in [0.1, 0.15) is 15.9 Å². The highest BCUT2D eigenvalue weighted by atomic mass is 16.6. The molecule has 0 atom stereocenters. The molecule has 0 aliphatic carbocycles. The van der Waals surface area contributed by atoms with E-state index in [1.54, 1.807) is 36.4 Å². The number of hydrogen-bond acceptors (Lipinski definition) is 5. The maximum absolute atomic E-state index is 12.4. The van der Waals surface area contributed by atoms with Gasteiger partial charge in [-0.05, 0) is 41.1 Å². The average molecular weight is 375 g/mol. The normalized spacial score (nSPS) is 11.2. The molecule has 140 valence electrons. The second-order valence-electron chi connectivity index (χ2n) is 5.79. The maximum Gasteiger partial charge on any atom is 0.276 e. The van der Waals surface area contributed by atoms with E-state index in [-0.39, 0.29) is 5.69 Å². The van der Waals surface area contributed by atoms with E-state index in [0.29, 0.717) is 16.9 Å². The number of hydrazone groups is 1. The number of nitrogens with zero attached hydrogens (tertiary/aromatic N) is 2. The first kappa shape index (κ1) is 18.8. The molecule has 0 unspecified atom stereocenters. The van der Waals surface area contributed by atoms with Gasteiger partial charge in [0.1, 0.15) is 5.75 Å². The van der Waals surface area contributed by atoms with Gasteiger partial charge in [0, 0.05) is 12.3 Å². The molecule has 0 spiro atoms. The van der Waals surface area contributed by atoms with Crippen LogP contribution in [0, 0.1) is 10.1 Å². The van der Waals surface area contributed by atoms with Gasteiger partial charge < -0.3 is 4.74 Å². The molecule has 3 aromatic carbocycles. The zero-order chi connectivity index (χ0) is 19.9. The fraction of sp³-hybridized carbons (Fsp3) is 0.0476. The summed E-state index contributed by atoms with van der Waals surface area (Å²) in [7, 11) is 1.50. The molecule has 0 saturated carbocycles. The number of hydrogen-bond donors (Lipinski definition) is 1. The van der Waals surface area contributed by atoms with Crippen molar-refractivity contribution in [1.82, 2.24) is 5.43 Å². The number of nitro benzene ring substituents is 1. The molecule has 0 saturated heterocycles. The monoisotopic (exact) mass is 375 g/mol. The number of methoxy groups -OCH3 is 1. The molecule has 1 amide bonds. The summed E-state index contributed by atoms with van der Waals surface area (Å²) in [6, 6.07) is 17.5. The Morgan fingerprint density at radius 1 is 1.11 bits per heavy atom. The van der Waals surface area contributed by atoms with Gasteiger partial charge in [-0.1, -0.05) is 36.4 Å². The topological polar surface area (TPSA) is 93.8 Å². The lowest BCUT2D eigenvalue weighted by molar-refractivity contribution is -0.385. The van der Waals surface area contributed by atoms with Crippen LogP contribution in [0.3, 0.4) is 0 Å². The minimum atomic E-state index is -0.454. The van der Waals surface area contributed by atoms with Gasteiger partial charge in [-0.15, -0.1) is 0 Å². The second-order valence-corrected chi connectivity index (χ2v) is 5.79. The first-order valence-corrected chi connectivity index (χ1v) is 8.40. The largest absolute Gasteiger partial charge is 0.496 e. The van der Waals surface area contributed by atoms with Crippen molar-refractivity contribution in [3.63, 3.8) is 0 Å². The highest BCUT2D eigenvalue weighted by Gasteiger charge is 2.13. The Labute approximate surface area is 161 Å². The van der Waals surface area contributed by atoms with Crippen molar-refractivity contribution in [3.8, 4) is 5.75 Å². The lowest BCUT2D eigenvalue weighted by Gasteiger charge is -2.09. The molecule has 0 aliphatic rings. The Kier molecular flexibility index (Phi) is 5.76. The molecule has 7 nitrogen and oxygen atoms in total. The number of amides is 1. The number of benzene rings is 3. The number of allylic oxidation sites excluding steroid dienone is 1. The number of carbonyl (C=O) groups excluding carboxylic acids is 1. The molecule has 1 N–H and O–H groups in total. The van der Waals surface area contributed by atoms with Crippen LogP contribution in [0.2, 0.25) is 0 Å². The van der Waals surface area contributed by atoms with E-state index in [0.717, 1.165) is 10.8 Å². The van der Waals surface area contributed by atoms with Crippen LogP contribution >= 0.6 is 0 Å². The predicted molar refractivity (Wildman–Crippen MR) is 109 cm³/mol. The molecule has 0 aliphatic heterocycles. The van der Waals surface area contributed by atoms with E-state index in [1.165, 1.54) is 25.5 Å². The molecule has 28 heavy (non-hydrogen) atoms. The molecule has 0 aromatic heterocycles. The van der Waals surface area contributed by atoms with Crippen molar-refractivity contribution in [2.45, 2.75) is 0 Å². The molecule has 3 aromatic rings. The Balaban J connectivity index is 1.72. The molecule has 0 heterocycles. The molecule has 0 fully saturated rings. The molecule has 3 rings (SSSR count). The van der Waals surface area contributed by atoms with Crippen LogP contribution < -0.4 is 10.2 Å².